The van der Waals surface area contributed by atoms with E-state index in [0.29, 0.717) is 6.54 Å². The summed E-state index contributed by atoms with van der Waals surface area (Å²) >= 11 is 0. The summed E-state index contributed by atoms with van der Waals surface area (Å²) in [4.78, 5) is 0. The highest BCUT2D eigenvalue weighted by molar-refractivity contribution is 5.46. The van der Waals surface area contributed by atoms with Crippen molar-refractivity contribution in [1.29, 1.82) is 0 Å². The smallest absolute Gasteiger partial charge is 0.149 e. The first kappa shape index (κ1) is 12.6. The molecule has 0 bridgehead atoms. The van der Waals surface area contributed by atoms with E-state index >= 15 is 0 Å². The van der Waals surface area contributed by atoms with Crippen LogP contribution >= 0.6 is 0 Å². The molecule has 0 aliphatic rings. The molecule has 2 aromatic carbocycles. The molecule has 18 heavy (non-hydrogen) atoms. The van der Waals surface area contributed by atoms with Crippen LogP contribution in [0.15, 0.2) is 42.5 Å². The summed E-state index contributed by atoms with van der Waals surface area (Å²) in [5.41, 5.74) is 2.17. The van der Waals surface area contributed by atoms with Gasteiger partial charge in [0.15, 0.2) is 0 Å². The second-order valence-electron chi connectivity index (χ2n) is 4.12. The lowest BCUT2D eigenvalue weighted by Crippen LogP contribution is -2.03. The molecular weight excluding hydrogens is 232 g/mol. The van der Waals surface area contributed by atoms with Crippen molar-refractivity contribution in [3.8, 4) is 0 Å². The summed E-state index contributed by atoms with van der Waals surface area (Å²) in [7, 11) is 0. The highest BCUT2D eigenvalue weighted by Gasteiger charge is 2.07. The number of anilines is 1. The van der Waals surface area contributed by atoms with Crippen LogP contribution in [0.2, 0.25) is 0 Å². The van der Waals surface area contributed by atoms with Crippen LogP contribution in [0.4, 0.5) is 14.5 Å². The third-order valence-electron chi connectivity index (χ3n) is 2.86. The van der Waals surface area contributed by atoms with Gasteiger partial charge in [0.05, 0.1) is 0 Å². The number of halogens is 2. The Balaban J connectivity index is 2.06. The average Bonchev–Trinajstić information content (AvgIpc) is 2.39. The largest absolute Gasteiger partial charge is 0.376 e. The van der Waals surface area contributed by atoms with Crippen LogP contribution in [0.5, 0.6) is 0 Å². The van der Waals surface area contributed by atoms with Crippen molar-refractivity contribution < 1.29 is 8.78 Å². The molecule has 1 N–H and O–H groups in total. The van der Waals surface area contributed by atoms with Crippen LogP contribution in [0.1, 0.15) is 18.1 Å². The first-order valence-corrected chi connectivity index (χ1v) is 5.96. The standard InChI is InChI=1S/C15H15F2N/c1-2-11-6-8-12(9-7-11)10-18-15-13(16)4-3-5-14(15)17/h3-9,18H,2,10H2,1H3. The van der Waals surface area contributed by atoms with Crippen LogP contribution < -0.4 is 5.32 Å². The molecule has 0 radical (unpaired) electrons. The molecule has 0 aliphatic carbocycles. The minimum Gasteiger partial charge on any atom is -0.376 e. The Kier molecular flexibility index (Phi) is 3.92. The van der Waals surface area contributed by atoms with Gasteiger partial charge in [-0.25, -0.2) is 8.78 Å². The maximum absolute atomic E-state index is 13.4. The van der Waals surface area contributed by atoms with Crippen molar-refractivity contribution in [3.05, 3.63) is 65.2 Å². The summed E-state index contributed by atoms with van der Waals surface area (Å²) in [6, 6.07) is 11.8. The first-order chi connectivity index (χ1) is 8.70. The SMILES string of the molecule is CCc1ccc(CNc2c(F)cccc2F)cc1. The van der Waals surface area contributed by atoms with E-state index in [2.05, 4.69) is 12.2 Å². The molecule has 94 valence electrons. The van der Waals surface area contributed by atoms with Gasteiger partial charge >= 0.3 is 0 Å². The number of aryl methyl sites for hydroxylation is 1. The summed E-state index contributed by atoms with van der Waals surface area (Å²) in [6.07, 6.45) is 0.982. The lowest BCUT2D eigenvalue weighted by molar-refractivity contribution is 0.588. The zero-order valence-electron chi connectivity index (χ0n) is 10.2. The Labute approximate surface area is 105 Å². The molecule has 2 rings (SSSR count). The Morgan fingerprint density at radius 1 is 0.889 bits per heavy atom. The monoisotopic (exact) mass is 247 g/mol. The average molecular weight is 247 g/mol. The molecule has 0 saturated carbocycles. The predicted molar refractivity (Wildman–Crippen MR) is 69.5 cm³/mol. The van der Waals surface area contributed by atoms with E-state index < -0.39 is 11.6 Å². The van der Waals surface area contributed by atoms with Crippen LogP contribution in [-0.4, -0.2) is 0 Å². The van der Waals surface area contributed by atoms with E-state index in [4.69, 9.17) is 0 Å². The van der Waals surface area contributed by atoms with E-state index in [1.54, 1.807) is 0 Å². The number of para-hydroxylation sites is 1. The van der Waals surface area contributed by atoms with Crippen LogP contribution in [0, 0.1) is 11.6 Å². The van der Waals surface area contributed by atoms with E-state index in [1.807, 2.05) is 24.3 Å². The molecule has 0 unspecified atom stereocenters. The van der Waals surface area contributed by atoms with Crippen LogP contribution in [-0.2, 0) is 13.0 Å². The van der Waals surface area contributed by atoms with Crippen molar-refractivity contribution in [1.82, 2.24) is 0 Å². The fraction of sp³-hybridized carbons (Fsp3) is 0.200. The third-order valence-corrected chi connectivity index (χ3v) is 2.86. The van der Waals surface area contributed by atoms with Crippen molar-refractivity contribution in [3.63, 3.8) is 0 Å². The topological polar surface area (TPSA) is 12.0 Å². The number of hydrogen-bond acceptors (Lipinski definition) is 1. The normalized spacial score (nSPS) is 10.4. The van der Waals surface area contributed by atoms with E-state index in [1.165, 1.54) is 23.8 Å². The first-order valence-electron chi connectivity index (χ1n) is 5.96. The zero-order valence-corrected chi connectivity index (χ0v) is 10.2. The maximum atomic E-state index is 13.4. The summed E-state index contributed by atoms with van der Waals surface area (Å²) in [5, 5.41) is 2.78. The van der Waals surface area contributed by atoms with Gasteiger partial charge in [0, 0.05) is 6.54 Å². The van der Waals surface area contributed by atoms with Gasteiger partial charge in [-0.05, 0) is 29.7 Å². The molecule has 0 aliphatic heterocycles. The van der Waals surface area contributed by atoms with Gasteiger partial charge in [-0.15, -0.1) is 0 Å². The highest BCUT2D eigenvalue weighted by atomic mass is 19.1. The molecule has 0 saturated heterocycles. The molecule has 1 nitrogen and oxygen atoms in total. The second kappa shape index (κ2) is 5.63. The van der Waals surface area contributed by atoms with Crippen molar-refractivity contribution in [2.75, 3.05) is 5.32 Å². The van der Waals surface area contributed by atoms with Gasteiger partial charge < -0.3 is 5.32 Å². The Morgan fingerprint density at radius 3 is 2.00 bits per heavy atom. The van der Waals surface area contributed by atoms with Crippen LogP contribution in [0.3, 0.4) is 0 Å². The fourth-order valence-electron chi connectivity index (χ4n) is 1.75. The van der Waals surface area contributed by atoms with Crippen molar-refractivity contribution in [2.24, 2.45) is 0 Å². The number of hydrogen-bond donors (Lipinski definition) is 1. The lowest BCUT2D eigenvalue weighted by Gasteiger charge is -2.09. The van der Waals surface area contributed by atoms with Gasteiger partial charge in [0.25, 0.3) is 0 Å². The Morgan fingerprint density at radius 2 is 1.44 bits per heavy atom. The van der Waals surface area contributed by atoms with E-state index in [-0.39, 0.29) is 5.69 Å². The Hall–Kier alpha value is -1.90. The molecule has 0 spiro atoms. The molecule has 0 aromatic heterocycles. The Bertz CT molecular complexity index is 500. The summed E-state index contributed by atoms with van der Waals surface area (Å²) in [5.74, 6) is -1.14. The van der Waals surface area contributed by atoms with Gasteiger partial charge in [-0.1, -0.05) is 37.3 Å². The molecule has 0 fully saturated rings. The fourth-order valence-corrected chi connectivity index (χ4v) is 1.75. The van der Waals surface area contributed by atoms with E-state index in [9.17, 15) is 8.78 Å². The third kappa shape index (κ3) is 2.86. The number of nitrogens with one attached hydrogen (secondary N) is 1. The minimum absolute atomic E-state index is 0.0722. The summed E-state index contributed by atoms with van der Waals surface area (Å²) < 4.78 is 26.7. The van der Waals surface area contributed by atoms with Crippen LogP contribution in [0.25, 0.3) is 0 Å². The highest BCUT2D eigenvalue weighted by Crippen LogP contribution is 2.19. The molecule has 0 amide bonds. The summed E-state index contributed by atoms with van der Waals surface area (Å²) in [6.45, 7) is 2.49. The molecule has 2 aromatic rings. The molecular formula is C15H15F2N. The van der Waals surface area contributed by atoms with Gasteiger partial charge in [-0.2, -0.15) is 0 Å². The predicted octanol–water partition coefficient (Wildman–Crippen LogP) is 4.14. The van der Waals surface area contributed by atoms with Crippen molar-refractivity contribution >= 4 is 5.69 Å². The maximum Gasteiger partial charge on any atom is 0.149 e. The van der Waals surface area contributed by atoms with Gasteiger partial charge in [-0.3, -0.25) is 0 Å². The molecule has 3 heteroatoms. The molecule has 0 atom stereocenters. The lowest BCUT2D eigenvalue weighted by atomic mass is 10.1. The quantitative estimate of drug-likeness (QED) is 0.856. The number of benzene rings is 2. The van der Waals surface area contributed by atoms with Crippen molar-refractivity contribution in [2.45, 2.75) is 19.9 Å². The second-order valence-corrected chi connectivity index (χ2v) is 4.12. The van der Waals surface area contributed by atoms with E-state index in [0.717, 1.165) is 12.0 Å². The number of rotatable bonds is 4. The molecule has 0 heterocycles. The van der Waals surface area contributed by atoms with Gasteiger partial charge in [0.2, 0.25) is 0 Å². The minimum atomic E-state index is -0.569. The van der Waals surface area contributed by atoms with Gasteiger partial charge in [0.1, 0.15) is 17.3 Å². The zero-order chi connectivity index (χ0) is 13.0.